The number of aromatic amines is 1. The molecule has 0 fully saturated rings. The molecule has 10 heavy (non-hydrogen) atoms. The normalized spacial score (nSPS) is 10.5. The SMILES string of the molecule is Clc1n[nH]c2ccncc12. The molecule has 4 heteroatoms. The van der Waals surface area contributed by atoms with Gasteiger partial charge in [0.1, 0.15) is 0 Å². The van der Waals surface area contributed by atoms with Crippen molar-refractivity contribution in [3.8, 4) is 0 Å². The molecule has 0 aliphatic rings. The molecule has 0 spiro atoms. The number of H-pyrrole nitrogens is 1. The van der Waals surface area contributed by atoms with Crippen molar-refractivity contribution in [3.05, 3.63) is 23.6 Å². The van der Waals surface area contributed by atoms with Crippen LogP contribution in [0.15, 0.2) is 18.5 Å². The molecule has 0 aliphatic heterocycles. The molecule has 1 N–H and O–H groups in total. The van der Waals surface area contributed by atoms with Gasteiger partial charge in [0.05, 0.1) is 10.9 Å². The maximum atomic E-state index is 5.69. The van der Waals surface area contributed by atoms with Crippen LogP contribution in [-0.2, 0) is 0 Å². The number of hydrogen-bond donors (Lipinski definition) is 1. The van der Waals surface area contributed by atoms with E-state index in [1.807, 2.05) is 6.07 Å². The van der Waals surface area contributed by atoms with Crippen LogP contribution in [0.25, 0.3) is 10.9 Å². The highest BCUT2D eigenvalue weighted by atomic mass is 35.5. The van der Waals surface area contributed by atoms with E-state index < -0.39 is 0 Å². The van der Waals surface area contributed by atoms with Gasteiger partial charge in [-0.3, -0.25) is 10.1 Å². The number of rotatable bonds is 0. The second kappa shape index (κ2) is 1.95. The lowest BCUT2D eigenvalue weighted by Crippen LogP contribution is -1.68. The molecule has 0 radical (unpaired) electrons. The summed E-state index contributed by atoms with van der Waals surface area (Å²) in [6.07, 6.45) is 3.37. The lowest BCUT2D eigenvalue weighted by Gasteiger charge is -1.82. The van der Waals surface area contributed by atoms with Gasteiger partial charge in [-0.2, -0.15) is 5.10 Å². The van der Waals surface area contributed by atoms with Gasteiger partial charge < -0.3 is 0 Å². The zero-order chi connectivity index (χ0) is 6.97. The highest BCUT2D eigenvalue weighted by molar-refractivity contribution is 6.34. The van der Waals surface area contributed by atoms with Gasteiger partial charge in [-0.15, -0.1) is 0 Å². The Hall–Kier alpha value is -1.09. The molecule has 0 aliphatic carbocycles. The van der Waals surface area contributed by atoms with Crippen LogP contribution in [0, 0.1) is 0 Å². The molecule has 2 heterocycles. The van der Waals surface area contributed by atoms with Crippen molar-refractivity contribution in [3.63, 3.8) is 0 Å². The lowest BCUT2D eigenvalue weighted by molar-refractivity contribution is 1.12. The summed E-state index contributed by atoms with van der Waals surface area (Å²) in [4.78, 5) is 3.90. The summed E-state index contributed by atoms with van der Waals surface area (Å²) in [5.74, 6) is 0. The zero-order valence-corrected chi connectivity index (χ0v) is 5.76. The van der Waals surface area contributed by atoms with Crippen molar-refractivity contribution in [1.82, 2.24) is 15.2 Å². The van der Waals surface area contributed by atoms with Crippen molar-refractivity contribution >= 4 is 22.5 Å². The van der Waals surface area contributed by atoms with Crippen molar-refractivity contribution in [2.75, 3.05) is 0 Å². The third-order valence-electron chi connectivity index (χ3n) is 1.32. The molecule has 0 atom stereocenters. The van der Waals surface area contributed by atoms with Gasteiger partial charge in [-0.1, -0.05) is 11.6 Å². The van der Waals surface area contributed by atoms with E-state index in [4.69, 9.17) is 11.6 Å². The summed E-state index contributed by atoms with van der Waals surface area (Å²) in [5, 5.41) is 7.90. The first-order valence-electron chi connectivity index (χ1n) is 2.81. The van der Waals surface area contributed by atoms with Crippen LogP contribution in [0.5, 0.6) is 0 Å². The Morgan fingerprint density at radius 1 is 1.50 bits per heavy atom. The highest BCUT2D eigenvalue weighted by Crippen LogP contribution is 2.17. The quantitative estimate of drug-likeness (QED) is 0.625. The molecular formula is C6H4ClN3. The minimum atomic E-state index is 0.475. The van der Waals surface area contributed by atoms with E-state index in [-0.39, 0.29) is 0 Å². The third kappa shape index (κ3) is 0.675. The van der Waals surface area contributed by atoms with Crippen LogP contribution in [0.3, 0.4) is 0 Å². The van der Waals surface area contributed by atoms with Gasteiger partial charge in [0.15, 0.2) is 5.15 Å². The maximum absolute atomic E-state index is 5.69. The first-order valence-corrected chi connectivity index (χ1v) is 3.19. The Kier molecular flexibility index (Phi) is 1.11. The van der Waals surface area contributed by atoms with Crippen LogP contribution in [0.4, 0.5) is 0 Å². The number of aromatic nitrogens is 3. The second-order valence-electron chi connectivity index (χ2n) is 1.94. The summed E-state index contributed by atoms with van der Waals surface area (Å²) in [6, 6.07) is 1.83. The standard InChI is InChI=1S/C6H4ClN3/c7-6-4-3-8-2-1-5(4)9-10-6/h1-3H,(H,9,10). The van der Waals surface area contributed by atoms with Gasteiger partial charge in [0.25, 0.3) is 0 Å². The first-order chi connectivity index (χ1) is 4.88. The molecule has 3 nitrogen and oxygen atoms in total. The van der Waals surface area contributed by atoms with Crippen LogP contribution >= 0.6 is 11.6 Å². The summed E-state index contributed by atoms with van der Waals surface area (Å²) in [6.45, 7) is 0. The Labute approximate surface area is 62.0 Å². The molecule has 0 unspecified atom stereocenters. The van der Waals surface area contributed by atoms with E-state index in [0.717, 1.165) is 10.9 Å². The number of hydrogen-bond acceptors (Lipinski definition) is 2. The average Bonchev–Trinajstić information content (AvgIpc) is 2.34. The Morgan fingerprint density at radius 2 is 2.40 bits per heavy atom. The molecular weight excluding hydrogens is 150 g/mol. The molecule has 0 bridgehead atoms. The summed E-state index contributed by atoms with van der Waals surface area (Å²) in [7, 11) is 0. The zero-order valence-electron chi connectivity index (χ0n) is 5.00. The molecule has 2 aromatic heterocycles. The Morgan fingerprint density at radius 3 is 3.20 bits per heavy atom. The molecule has 0 saturated carbocycles. The second-order valence-corrected chi connectivity index (χ2v) is 2.29. The van der Waals surface area contributed by atoms with Crippen molar-refractivity contribution < 1.29 is 0 Å². The lowest BCUT2D eigenvalue weighted by atomic mass is 10.3. The van der Waals surface area contributed by atoms with Crippen LogP contribution in [-0.4, -0.2) is 15.2 Å². The van der Waals surface area contributed by atoms with Gasteiger partial charge in [0.2, 0.25) is 0 Å². The topological polar surface area (TPSA) is 41.6 Å². The fourth-order valence-electron chi connectivity index (χ4n) is 0.826. The van der Waals surface area contributed by atoms with E-state index in [1.54, 1.807) is 12.4 Å². The summed E-state index contributed by atoms with van der Waals surface area (Å²) < 4.78 is 0. The van der Waals surface area contributed by atoms with Crippen LogP contribution in [0.1, 0.15) is 0 Å². The van der Waals surface area contributed by atoms with E-state index in [0.29, 0.717) is 5.15 Å². The maximum Gasteiger partial charge on any atom is 0.160 e. The van der Waals surface area contributed by atoms with E-state index in [2.05, 4.69) is 15.2 Å². The third-order valence-corrected chi connectivity index (χ3v) is 1.61. The van der Waals surface area contributed by atoms with Gasteiger partial charge in [-0.05, 0) is 6.07 Å². The van der Waals surface area contributed by atoms with Gasteiger partial charge in [0, 0.05) is 12.4 Å². The Balaban J connectivity index is 2.93. The fourth-order valence-corrected chi connectivity index (χ4v) is 1.02. The molecule has 50 valence electrons. The van der Waals surface area contributed by atoms with Crippen molar-refractivity contribution in [2.45, 2.75) is 0 Å². The minimum absolute atomic E-state index is 0.475. The molecule has 2 aromatic rings. The smallest absolute Gasteiger partial charge is 0.160 e. The van der Waals surface area contributed by atoms with E-state index in [1.165, 1.54) is 0 Å². The first kappa shape index (κ1) is 5.68. The summed E-state index contributed by atoms with van der Waals surface area (Å²) in [5.41, 5.74) is 0.917. The minimum Gasteiger partial charge on any atom is -0.276 e. The number of nitrogens with zero attached hydrogens (tertiary/aromatic N) is 2. The van der Waals surface area contributed by atoms with E-state index >= 15 is 0 Å². The summed E-state index contributed by atoms with van der Waals surface area (Å²) >= 11 is 5.69. The van der Waals surface area contributed by atoms with Gasteiger partial charge in [-0.25, -0.2) is 0 Å². The molecule has 0 saturated heterocycles. The number of pyridine rings is 1. The largest absolute Gasteiger partial charge is 0.276 e. The van der Waals surface area contributed by atoms with Crippen molar-refractivity contribution in [1.29, 1.82) is 0 Å². The average molecular weight is 154 g/mol. The fraction of sp³-hybridized carbons (Fsp3) is 0. The number of halogens is 1. The number of fused-ring (bicyclic) bond motifs is 1. The molecule has 0 amide bonds. The predicted molar refractivity (Wildman–Crippen MR) is 38.9 cm³/mol. The molecule has 2 rings (SSSR count). The highest BCUT2D eigenvalue weighted by Gasteiger charge is 1.99. The van der Waals surface area contributed by atoms with Crippen LogP contribution in [0.2, 0.25) is 5.15 Å². The monoisotopic (exact) mass is 153 g/mol. The van der Waals surface area contributed by atoms with Crippen LogP contribution < -0.4 is 0 Å². The van der Waals surface area contributed by atoms with Gasteiger partial charge >= 0.3 is 0 Å². The predicted octanol–water partition coefficient (Wildman–Crippen LogP) is 1.61. The van der Waals surface area contributed by atoms with Crippen molar-refractivity contribution in [2.24, 2.45) is 0 Å². The van der Waals surface area contributed by atoms with E-state index in [9.17, 15) is 0 Å². The number of nitrogens with one attached hydrogen (secondary N) is 1. The molecule has 0 aromatic carbocycles. The Bertz CT molecular complexity index is 355.